The Kier molecular flexibility index (Phi) is 5.10. The van der Waals surface area contributed by atoms with Crippen LogP contribution in [0.15, 0.2) is 12.1 Å². The summed E-state index contributed by atoms with van der Waals surface area (Å²) < 4.78 is 15.2. The minimum absolute atomic E-state index is 0.315. The Hall–Kier alpha value is -1.42. The smallest absolute Gasteiger partial charge is 0.338 e. The predicted octanol–water partition coefficient (Wildman–Crippen LogP) is 2.92. The Bertz CT molecular complexity index is 404. The van der Waals surface area contributed by atoms with Crippen LogP contribution in [-0.2, 0) is 4.74 Å². The summed E-state index contributed by atoms with van der Waals surface area (Å²) in [4.78, 5) is 11.6. The number of benzene rings is 1. The maximum absolute atomic E-state index is 11.6. The van der Waals surface area contributed by atoms with E-state index in [1.54, 1.807) is 6.07 Å². The molecule has 0 aliphatic rings. The first-order valence-corrected chi connectivity index (χ1v) is 5.60. The maximum atomic E-state index is 11.6. The number of methoxy groups -OCH3 is 2. The van der Waals surface area contributed by atoms with Gasteiger partial charge in [-0.05, 0) is 18.6 Å². The van der Waals surface area contributed by atoms with E-state index in [9.17, 15) is 4.79 Å². The second-order valence-electron chi connectivity index (χ2n) is 3.33. The van der Waals surface area contributed by atoms with E-state index in [2.05, 4.69) is 0 Å². The second-order valence-corrected chi connectivity index (χ2v) is 3.74. The number of esters is 1. The van der Waals surface area contributed by atoms with E-state index in [-0.39, 0.29) is 0 Å². The van der Waals surface area contributed by atoms with E-state index in [0.717, 1.165) is 6.42 Å². The first-order valence-electron chi connectivity index (χ1n) is 5.22. The summed E-state index contributed by atoms with van der Waals surface area (Å²) in [5.41, 5.74) is 0.348. The Balaban J connectivity index is 3.02. The molecule has 0 spiro atoms. The summed E-state index contributed by atoms with van der Waals surface area (Å²) >= 11 is 5.98. The Morgan fingerprint density at radius 1 is 1.29 bits per heavy atom. The van der Waals surface area contributed by atoms with Crippen LogP contribution in [0.5, 0.6) is 11.5 Å². The van der Waals surface area contributed by atoms with Crippen molar-refractivity contribution in [1.82, 2.24) is 0 Å². The summed E-state index contributed by atoms with van der Waals surface area (Å²) in [5, 5.41) is 0.315. The van der Waals surface area contributed by atoms with Gasteiger partial charge in [0.1, 0.15) is 0 Å². The lowest BCUT2D eigenvalue weighted by atomic mass is 10.2. The zero-order valence-electron chi connectivity index (χ0n) is 10.1. The third kappa shape index (κ3) is 3.27. The molecule has 0 heterocycles. The molecule has 5 heteroatoms. The van der Waals surface area contributed by atoms with Crippen molar-refractivity contribution in [2.24, 2.45) is 0 Å². The molecule has 0 unspecified atom stereocenters. The maximum Gasteiger partial charge on any atom is 0.338 e. The number of ether oxygens (including phenoxy) is 3. The van der Waals surface area contributed by atoms with E-state index in [1.165, 1.54) is 20.3 Å². The van der Waals surface area contributed by atoms with Crippen LogP contribution in [0.3, 0.4) is 0 Å². The minimum Gasteiger partial charge on any atom is -0.493 e. The Labute approximate surface area is 105 Å². The average Bonchev–Trinajstić information content (AvgIpc) is 2.34. The van der Waals surface area contributed by atoms with Crippen molar-refractivity contribution in [2.45, 2.75) is 13.3 Å². The summed E-state index contributed by atoms with van der Waals surface area (Å²) in [6.45, 7) is 2.31. The van der Waals surface area contributed by atoms with Gasteiger partial charge in [-0.2, -0.15) is 0 Å². The van der Waals surface area contributed by atoms with Crippen molar-refractivity contribution in [1.29, 1.82) is 0 Å². The van der Waals surface area contributed by atoms with Crippen molar-refractivity contribution < 1.29 is 19.0 Å². The van der Waals surface area contributed by atoms with Gasteiger partial charge < -0.3 is 14.2 Å². The number of rotatable bonds is 5. The lowest BCUT2D eigenvalue weighted by molar-refractivity contribution is 0.0504. The highest BCUT2D eigenvalue weighted by Crippen LogP contribution is 2.36. The van der Waals surface area contributed by atoms with Crippen LogP contribution in [0, 0.1) is 0 Å². The van der Waals surface area contributed by atoms with Crippen LogP contribution in [-0.4, -0.2) is 26.8 Å². The summed E-state index contributed by atoms with van der Waals surface area (Å²) in [5.74, 6) is 0.388. The highest BCUT2D eigenvalue weighted by Gasteiger charge is 2.15. The number of halogens is 1. The largest absolute Gasteiger partial charge is 0.493 e. The molecule has 4 nitrogen and oxygen atoms in total. The van der Waals surface area contributed by atoms with Gasteiger partial charge in [0.25, 0.3) is 0 Å². The van der Waals surface area contributed by atoms with Crippen molar-refractivity contribution >= 4 is 17.6 Å². The molecule has 0 aliphatic heterocycles. The van der Waals surface area contributed by atoms with E-state index in [0.29, 0.717) is 28.7 Å². The van der Waals surface area contributed by atoms with E-state index >= 15 is 0 Å². The molecule has 0 saturated carbocycles. The van der Waals surface area contributed by atoms with Crippen LogP contribution < -0.4 is 9.47 Å². The standard InChI is InChI=1S/C12H15ClO4/c1-4-5-17-12(14)8-6-9(13)11(16-3)10(7-8)15-2/h6-7H,4-5H2,1-3H3. The molecule has 0 N–H and O–H groups in total. The third-order valence-electron chi connectivity index (χ3n) is 2.11. The fourth-order valence-electron chi connectivity index (χ4n) is 1.31. The SMILES string of the molecule is CCCOC(=O)c1cc(Cl)c(OC)c(OC)c1. The minimum atomic E-state index is -0.422. The van der Waals surface area contributed by atoms with Crippen LogP contribution in [0.25, 0.3) is 0 Å². The molecule has 0 aliphatic carbocycles. The molecule has 0 amide bonds. The molecule has 94 valence electrons. The van der Waals surface area contributed by atoms with Gasteiger partial charge in [0.15, 0.2) is 11.5 Å². The van der Waals surface area contributed by atoms with Gasteiger partial charge in [-0.3, -0.25) is 0 Å². The Morgan fingerprint density at radius 3 is 2.53 bits per heavy atom. The highest BCUT2D eigenvalue weighted by molar-refractivity contribution is 6.32. The van der Waals surface area contributed by atoms with Gasteiger partial charge in [0.05, 0.1) is 31.4 Å². The molecule has 1 aromatic carbocycles. The van der Waals surface area contributed by atoms with Gasteiger partial charge >= 0.3 is 5.97 Å². The Morgan fingerprint density at radius 2 is 2.00 bits per heavy atom. The molecule has 0 aromatic heterocycles. The lowest BCUT2D eigenvalue weighted by Gasteiger charge is -2.11. The van der Waals surface area contributed by atoms with Crippen molar-refractivity contribution in [2.75, 3.05) is 20.8 Å². The van der Waals surface area contributed by atoms with E-state index in [1.807, 2.05) is 6.92 Å². The van der Waals surface area contributed by atoms with Gasteiger partial charge in [-0.25, -0.2) is 4.79 Å². The first kappa shape index (κ1) is 13.6. The molecular weight excluding hydrogens is 244 g/mol. The molecule has 0 saturated heterocycles. The average molecular weight is 259 g/mol. The molecular formula is C12H15ClO4. The second kappa shape index (κ2) is 6.35. The van der Waals surface area contributed by atoms with Crippen LogP contribution in [0.4, 0.5) is 0 Å². The van der Waals surface area contributed by atoms with E-state index < -0.39 is 5.97 Å². The number of hydrogen-bond acceptors (Lipinski definition) is 4. The quantitative estimate of drug-likeness (QED) is 0.762. The molecule has 0 bridgehead atoms. The molecule has 0 radical (unpaired) electrons. The third-order valence-corrected chi connectivity index (χ3v) is 2.39. The van der Waals surface area contributed by atoms with Gasteiger partial charge in [0.2, 0.25) is 0 Å². The topological polar surface area (TPSA) is 44.8 Å². The van der Waals surface area contributed by atoms with Crippen LogP contribution in [0.1, 0.15) is 23.7 Å². The highest BCUT2D eigenvalue weighted by atomic mass is 35.5. The monoisotopic (exact) mass is 258 g/mol. The summed E-state index contributed by atoms with van der Waals surface area (Å²) in [7, 11) is 2.97. The molecule has 0 atom stereocenters. The lowest BCUT2D eigenvalue weighted by Crippen LogP contribution is -2.06. The van der Waals surface area contributed by atoms with E-state index in [4.69, 9.17) is 25.8 Å². The van der Waals surface area contributed by atoms with Crippen LogP contribution >= 0.6 is 11.6 Å². The zero-order chi connectivity index (χ0) is 12.8. The van der Waals surface area contributed by atoms with Crippen molar-refractivity contribution in [3.8, 4) is 11.5 Å². The number of carbonyl (C=O) groups excluding carboxylic acids is 1. The number of carbonyl (C=O) groups is 1. The molecule has 17 heavy (non-hydrogen) atoms. The number of hydrogen-bond donors (Lipinski definition) is 0. The van der Waals surface area contributed by atoms with Crippen LogP contribution in [0.2, 0.25) is 5.02 Å². The fourth-order valence-corrected chi connectivity index (χ4v) is 1.60. The van der Waals surface area contributed by atoms with Gasteiger partial charge in [-0.1, -0.05) is 18.5 Å². The summed E-state index contributed by atoms with van der Waals surface area (Å²) in [6.07, 6.45) is 0.771. The first-order chi connectivity index (χ1) is 8.13. The molecule has 1 aromatic rings. The zero-order valence-corrected chi connectivity index (χ0v) is 10.8. The fraction of sp³-hybridized carbons (Fsp3) is 0.417. The van der Waals surface area contributed by atoms with Crippen molar-refractivity contribution in [3.05, 3.63) is 22.7 Å². The molecule has 0 fully saturated rings. The van der Waals surface area contributed by atoms with Crippen molar-refractivity contribution in [3.63, 3.8) is 0 Å². The molecule has 1 rings (SSSR count). The summed E-state index contributed by atoms with van der Waals surface area (Å²) in [6, 6.07) is 3.05. The van der Waals surface area contributed by atoms with Gasteiger partial charge in [0, 0.05) is 0 Å². The normalized spacial score (nSPS) is 9.88. The predicted molar refractivity (Wildman–Crippen MR) is 65.1 cm³/mol. The van der Waals surface area contributed by atoms with Gasteiger partial charge in [-0.15, -0.1) is 0 Å².